The summed E-state index contributed by atoms with van der Waals surface area (Å²) in [7, 11) is 0. The quantitative estimate of drug-likeness (QED) is 0.705. The van der Waals surface area contributed by atoms with Gasteiger partial charge < -0.3 is 10.2 Å². The van der Waals surface area contributed by atoms with Crippen molar-refractivity contribution in [2.75, 3.05) is 16.8 Å². The van der Waals surface area contributed by atoms with E-state index in [0.29, 0.717) is 21.7 Å². The summed E-state index contributed by atoms with van der Waals surface area (Å²) in [4.78, 5) is 25.8. The number of carbonyl (C=O) groups excluding carboxylic acids is 2. The molecule has 0 saturated heterocycles. The van der Waals surface area contributed by atoms with Crippen molar-refractivity contribution in [3.63, 3.8) is 0 Å². The van der Waals surface area contributed by atoms with Crippen LogP contribution >= 0.6 is 23.2 Å². The van der Waals surface area contributed by atoms with Crippen molar-refractivity contribution < 1.29 is 9.59 Å². The molecule has 0 fully saturated rings. The van der Waals surface area contributed by atoms with Gasteiger partial charge in [0.1, 0.15) is 0 Å². The van der Waals surface area contributed by atoms with Crippen LogP contribution in [0.3, 0.4) is 0 Å². The van der Waals surface area contributed by atoms with E-state index < -0.39 is 0 Å². The summed E-state index contributed by atoms with van der Waals surface area (Å²) in [6.45, 7) is 5.99. The van der Waals surface area contributed by atoms with E-state index in [1.165, 1.54) is 12.5 Å². The number of nitrogens with zero attached hydrogens (tertiary/aromatic N) is 1. The van der Waals surface area contributed by atoms with Crippen molar-refractivity contribution in [1.82, 2.24) is 0 Å². The first kappa shape index (κ1) is 20.3. The molecular weight excluding hydrogens is 371 g/mol. The Morgan fingerprint density at radius 3 is 2.31 bits per heavy atom. The highest BCUT2D eigenvalue weighted by atomic mass is 35.5. The van der Waals surface area contributed by atoms with E-state index in [1.54, 1.807) is 23.1 Å². The fourth-order valence-corrected chi connectivity index (χ4v) is 2.88. The first-order chi connectivity index (χ1) is 12.3. The zero-order valence-corrected chi connectivity index (χ0v) is 16.6. The zero-order chi connectivity index (χ0) is 19.3. The number of hydrogen-bond donors (Lipinski definition) is 1. The molecule has 0 aromatic heterocycles. The molecule has 0 aliphatic carbocycles. The minimum Gasteiger partial charge on any atom is -0.325 e. The van der Waals surface area contributed by atoms with Crippen LogP contribution in [-0.2, 0) is 9.59 Å². The summed E-state index contributed by atoms with van der Waals surface area (Å²) in [6, 6.07) is 12.9. The largest absolute Gasteiger partial charge is 0.325 e. The van der Waals surface area contributed by atoms with E-state index in [4.69, 9.17) is 23.2 Å². The topological polar surface area (TPSA) is 49.4 Å². The van der Waals surface area contributed by atoms with Gasteiger partial charge >= 0.3 is 0 Å². The van der Waals surface area contributed by atoms with Gasteiger partial charge in [0.2, 0.25) is 11.8 Å². The Balaban J connectivity index is 2.03. The van der Waals surface area contributed by atoms with Gasteiger partial charge in [0.25, 0.3) is 0 Å². The fraction of sp³-hybridized carbons (Fsp3) is 0.300. The Kier molecular flexibility index (Phi) is 7.06. The highest BCUT2D eigenvalue weighted by Gasteiger charge is 2.15. The molecule has 26 heavy (non-hydrogen) atoms. The van der Waals surface area contributed by atoms with Crippen molar-refractivity contribution in [3.8, 4) is 0 Å². The Hall–Kier alpha value is -2.04. The molecule has 6 heteroatoms. The highest BCUT2D eigenvalue weighted by molar-refractivity contribution is 6.43. The van der Waals surface area contributed by atoms with Crippen LogP contribution in [0.25, 0.3) is 0 Å². The second-order valence-corrected chi connectivity index (χ2v) is 7.10. The molecule has 2 aromatic carbocycles. The van der Waals surface area contributed by atoms with Crippen molar-refractivity contribution in [3.05, 3.63) is 58.1 Å². The molecule has 0 spiro atoms. The molecule has 0 bridgehead atoms. The average molecular weight is 393 g/mol. The van der Waals surface area contributed by atoms with Crippen molar-refractivity contribution in [2.45, 2.75) is 33.1 Å². The SMILES string of the molecule is CC(=O)N(CCC(=O)Nc1cccc(Cl)c1Cl)c1ccc(C(C)C)cc1. The van der Waals surface area contributed by atoms with Crippen LogP contribution in [0.15, 0.2) is 42.5 Å². The lowest BCUT2D eigenvalue weighted by molar-refractivity contribution is -0.117. The van der Waals surface area contributed by atoms with Gasteiger partial charge in [0, 0.05) is 25.6 Å². The lowest BCUT2D eigenvalue weighted by Crippen LogP contribution is -2.32. The molecule has 2 aromatic rings. The van der Waals surface area contributed by atoms with E-state index in [1.807, 2.05) is 24.3 Å². The number of halogens is 2. The molecule has 0 heterocycles. The summed E-state index contributed by atoms with van der Waals surface area (Å²) in [5.74, 6) is 0.0677. The predicted octanol–water partition coefficient (Wildman–Crippen LogP) is 5.50. The molecule has 1 N–H and O–H groups in total. The number of nitrogens with one attached hydrogen (secondary N) is 1. The molecule has 4 nitrogen and oxygen atoms in total. The Bertz CT molecular complexity index is 789. The van der Waals surface area contributed by atoms with Crippen LogP contribution in [0.4, 0.5) is 11.4 Å². The van der Waals surface area contributed by atoms with Crippen LogP contribution in [0.5, 0.6) is 0 Å². The Morgan fingerprint density at radius 1 is 1.08 bits per heavy atom. The van der Waals surface area contributed by atoms with Gasteiger partial charge in [-0.2, -0.15) is 0 Å². The summed E-state index contributed by atoms with van der Waals surface area (Å²) < 4.78 is 0. The maximum Gasteiger partial charge on any atom is 0.226 e. The minimum atomic E-state index is -0.237. The van der Waals surface area contributed by atoms with Crippen molar-refractivity contribution in [2.24, 2.45) is 0 Å². The Labute approximate surface area is 164 Å². The van der Waals surface area contributed by atoms with Gasteiger partial charge in [-0.3, -0.25) is 9.59 Å². The number of amides is 2. The smallest absolute Gasteiger partial charge is 0.226 e. The maximum atomic E-state index is 12.2. The van der Waals surface area contributed by atoms with Crippen LogP contribution in [0.1, 0.15) is 38.7 Å². The molecule has 0 atom stereocenters. The molecule has 0 radical (unpaired) electrons. The number of rotatable bonds is 6. The predicted molar refractivity (Wildman–Crippen MR) is 108 cm³/mol. The Morgan fingerprint density at radius 2 is 1.73 bits per heavy atom. The number of hydrogen-bond acceptors (Lipinski definition) is 2. The molecule has 138 valence electrons. The minimum absolute atomic E-state index is 0.115. The normalized spacial score (nSPS) is 10.7. The van der Waals surface area contributed by atoms with Gasteiger partial charge in [-0.1, -0.05) is 55.2 Å². The zero-order valence-electron chi connectivity index (χ0n) is 15.1. The number of carbonyl (C=O) groups is 2. The van der Waals surface area contributed by atoms with Crippen molar-refractivity contribution >= 4 is 46.4 Å². The number of anilines is 2. The fourth-order valence-electron chi connectivity index (χ4n) is 2.53. The van der Waals surface area contributed by atoms with Gasteiger partial charge in [0.15, 0.2) is 0 Å². The van der Waals surface area contributed by atoms with Crippen LogP contribution < -0.4 is 10.2 Å². The molecule has 0 aliphatic heterocycles. The lowest BCUT2D eigenvalue weighted by Gasteiger charge is -2.21. The van der Waals surface area contributed by atoms with E-state index >= 15 is 0 Å². The standard InChI is InChI=1S/C20H22Cl2N2O2/c1-13(2)15-7-9-16(10-8-15)24(14(3)25)12-11-19(26)23-18-6-4-5-17(21)20(18)22/h4-10,13H,11-12H2,1-3H3,(H,23,26). The average Bonchev–Trinajstić information content (AvgIpc) is 2.59. The summed E-state index contributed by atoms with van der Waals surface area (Å²) in [6.07, 6.45) is 0.147. The first-order valence-electron chi connectivity index (χ1n) is 8.41. The molecule has 2 amide bonds. The summed E-state index contributed by atoms with van der Waals surface area (Å²) in [5.41, 5.74) is 2.43. The second kappa shape index (κ2) is 9.06. The number of benzene rings is 2. The molecule has 0 saturated carbocycles. The third-order valence-corrected chi connectivity index (χ3v) is 4.86. The third-order valence-electron chi connectivity index (χ3n) is 4.04. The van der Waals surface area contributed by atoms with Gasteiger partial charge in [-0.15, -0.1) is 0 Å². The lowest BCUT2D eigenvalue weighted by atomic mass is 10.0. The third kappa shape index (κ3) is 5.23. The van der Waals surface area contributed by atoms with Crippen molar-refractivity contribution in [1.29, 1.82) is 0 Å². The molecule has 0 aliphatic rings. The molecule has 2 rings (SSSR count). The van der Waals surface area contributed by atoms with E-state index in [0.717, 1.165) is 5.69 Å². The molecule has 0 unspecified atom stereocenters. The first-order valence-corrected chi connectivity index (χ1v) is 9.17. The van der Waals surface area contributed by atoms with Crippen LogP contribution in [0, 0.1) is 0 Å². The van der Waals surface area contributed by atoms with E-state index in [-0.39, 0.29) is 24.8 Å². The van der Waals surface area contributed by atoms with Crippen LogP contribution in [-0.4, -0.2) is 18.4 Å². The monoisotopic (exact) mass is 392 g/mol. The highest BCUT2D eigenvalue weighted by Crippen LogP contribution is 2.29. The second-order valence-electron chi connectivity index (χ2n) is 6.32. The molecular formula is C20H22Cl2N2O2. The van der Waals surface area contributed by atoms with Gasteiger partial charge in [0.05, 0.1) is 15.7 Å². The van der Waals surface area contributed by atoms with E-state index in [2.05, 4.69) is 19.2 Å². The van der Waals surface area contributed by atoms with Gasteiger partial charge in [-0.25, -0.2) is 0 Å². The van der Waals surface area contributed by atoms with E-state index in [9.17, 15) is 9.59 Å². The maximum absolute atomic E-state index is 12.2. The summed E-state index contributed by atoms with van der Waals surface area (Å²) >= 11 is 12.0. The van der Waals surface area contributed by atoms with Gasteiger partial charge in [-0.05, 0) is 35.7 Å². The summed E-state index contributed by atoms with van der Waals surface area (Å²) in [5, 5.41) is 3.40. The van der Waals surface area contributed by atoms with Crippen LogP contribution in [0.2, 0.25) is 10.0 Å².